The van der Waals surface area contributed by atoms with Crippen LogP contribution in [0.25, 0.3) is 10.9 Å². The molecule has 3 amide bonds. The van der Waals surface area contributed by atoms with Crippen molar-refractivity contribution in [2.75, 3.05) is 39.3 Å². The van der Waals surface area contributed by atoms with E-state index in [4.69, 9.17) is 10.5 Å². The zero-order chi connectivity index (χ0) is 21.5. The molecule has 1 unspecified atom stereocenters. The van der Waals surface area contributed by atoms with E-state index in [1.165, 1.54) is 0 Å². The fourth-order valence-electron chi connectivity index (χ4n) is 3.85. The first-order valence-corrected chi connectivity index (χ1v) is 10.3. The predicted molar refractivity (Wildman–Crippen MR) is 113 cm³/mol. The second-order valence-corrected chi connectivity index (χ2v) is 7.38. The van der Waals surface area contributed by atoms with Gasteiger partial charge in [0, 0.05) is 49.7 Å². The zero-order valence-electron chi connectivity index (χ0n) is 17.2. The highest BCUT2D eigenvalue weighted by Gasteiger charge is 2.28. The molecule has 1 aromatic carbocycles. The van der Waals surface area contributed by atoms with Gasteiger partial charge in [-0.05, 0) is 25.0 Å². The molecule has 9 nitrogen and oxygen atoms in total. The molecule has 1 fully saturated rings. The largest absolute Gasteiger partial charge is 0.465 e. The van der Waals surface area contributed by atoms with Crippen molar-refractivity contribution >= 4 is 28.8 Å². The third-order valence-corrected chi connectivity index (χ3v) is 5.27. The highest BCUT2D eigenvalue weighted by Crippen LogP contribution is 2.20. The van der Waals surface area contributed by atoms with Crippen LogP contribution in [-0.4, -0.2) is 78.1 Å². The van der Waals surface area contributed by atoms with E-state index >= 15 is 0 Å². The normalized spacial score (nSPS) is 16.1. The number of ether oxygens (including phenoxy) is 1. The van der Waals surface area contributed by atoms with Gasteiger partial charge in [0.15, 0.2) is 0 Å². The number of urea groups is 1. The number of H-pyrrole nitrogens is 1. The van der Waals surface area contributed by atoms with Crippen LogP contribution in [0.4, 0.5) is 4.79 Å². The number of hydrogen-bond donors (Lipinski definition) is 3. The van der Waals surface area contributed by atoms with Crippen LogP contribution < -0.4 is 11.1 Å². The lowest BCUT2D eigenvalue weighted by molar-refractivity contribution is -0.144. The third kappa shape index (κ3) is 5.50. The van der Waals surface area contributed by atoms with Crippen molar-refractivity contribution < 1.29 is 19.1 Å². The number of esters is 1. The van der Waals surface area contributed by atoms with Crippen molar-refractivity contribution in [2.24, 2.45) is 5.73 Å². The Kier molecular flexibility index (Phi) is 7.29. The third-order valence-electron chi connectivity index (χ3n) is 5.27. The summed E-state index contributed by atoms with van der Waals surface area (Å²) in [5.41, 5.74) is 7.27. The Bertz CT molecular complexity index is 896. The highest BCUT2D eigenvalue weighted by atomic mass is 16.5. The van der Waals surface area contributed by atoms with Crippen LogP contribution in [-0.2, 0) is 20.7 Å². The molecule has 1 atom stereocenters. The predicted octanol–water partition coefficient (Wildman–Crippen LogP) is 0.845. The van der Waals surface area contributed by atoms with Gasteiger partial charge in [0.1, 0.15) is 6.04 Å². The molecule has 0 spiro atoms. The summed E-state index contributed by atoms with van der Waals surface area (Å²) < 4.78 is 5.01. The van der Waals surface area contributed by atoms with Crippen LogP contribution in [0.3, 0.4) is 0 Å². The SMILES string of the molecule is CCOC(=O)CN1CCCN(C(=O)C(Cc2c[nH]c3ccccc23)NC(N)=O)CC1. The summed E-state index contributed by atoms with van der Waals surface area (Å²) in [7, 11) is 0. The minimum absolute atomic E-state index is 0.169. The quantitative estimate of drug-likeness (QED) is 0.579. The second kappa shape index (κ2) is 10.1. The fraction of sp³-hybridized carbons (Fsp3) is 0.476. The Morgan fingerprint density at radius 1 is 1.20 bits per heavy atom. The van der Waals surface area contributed by atoms with Gasteiger partial charge < -0.3 is 25.7 Å². The number of amides is 3. The molecule has 30 heavy (non-hydrogen) atoms. The number of para-hydroxylation sites is 1. The first-order valence-electron chi connectivity index (χ1n) is 10.3. The van der Waals surface area contributed by atoms with Gasteiger partial charge in [0.25, 0.3) is 0 Å². The van der Waals surface area contributed by atoms with Gasteiger partial charge in [-0.3, -0.25) is 14.5 Å². The first kappa shape index (κ1) is 21.6. The van der Waals surface area contributed by atoms with E-state index in [-0.39, 0.29) is 18.4 Å². The van der Waals surface area contributed by atoms with Gasteiger partial charge >= 0.3 is 12.0 Å². The van der Waals surface area contributed by atoms with Crippen molar-refractivity contribution in [3.05, 3.63) is 36.0 Å². The van der Waals surface area contributed by atoms with Crippen molar-refractivity contribution in [3.8, 4) is 0 Å². The minimum Gasteiger partial charge on any atom is -0.465 e. The van der Waals surface area contributed by atoms with Gasteiger partial charge in [0.2, 0.25) is 5.91 Å². The van der Waals surface area contributed by atoms with Crippen molar-refractivity contribution in [1.82, 2.24) is 20.1 Å². The number of carbonyl (C=O) groups excluding carboxylic acids is 3. The summed E-state index contributed by atoms with van der Waals surface area (Å²) in [6, 6.07) is 6.33. The number of benzene rings is 1. The van der Waals surface area contributed by atoms with Crippen LogP contribution in [0, 0.1) is 0 Å². The first-order chi connectivity index (χ1) is 14.5. The van der Waals surface area contributed by atoms with E-state index in [0.717, 1.165) is 22.9 Å². The van der Waals surface area contributed by atoms with Gasteiger partial charge in [0.05, 0.1) is 13.2 Å². The number of nitrogens with one attached hydrogen (secondary N) is 2. The number of fused-ring (bicyclic) bond motifs is 1. The standard InChI is InChI=1S/C21H29N5O4/c1-2-30-19(27)14-25-8-5-9-26(11-10-25)20(28)18(24-21(22)29)12-15-13-23-17-7-4-3-6-16(15)17/h3-4,6-7,13,18,23H,2,5,8-12,14H2,1H3,(H3,22,24,29). The van der Waals surface area contributed by atoms with Crippen LogP contribution >= 0.6 is 0 Å². The number of aromatic amines is 1. The maximum absolute atomic E-state index is 13.2. The maximum Gasteiger partial charge on any atom is 0.320 e. The lowest BCUT2D eigenvalue weighted by atomic mass is 10.0. The number of carbonyl (C=O) groups is 3. The molecule has 0 bridgehead atoms. The molecule has 2 heterocycles. The summed E-state index contributed by atoms with van der Waals surface area (Å²) in [6.07, 6.45) is 2.94. The summed E-state index contributed by atoms with van der Waals surface area (Å²) in [6.45, 7) is 4.66. The fourth-order valence-corrected chi connectivity index (χ4v) is 3.85. The number of nitrogens with two attached hydrogens (primary N) is 1. The topological polar surface area (TPSA) is 121 Å². The Morgan fingerprint density at radius 3 is 2.77 bits per heavy atom. The molecule has 1 aromatic heterocycles. The van der Waals surface area contributed by atoms with Crippen LogP contribution in [0.5, 0.6) is 0 Å². The summed E-state index contributed by atoms with van der Waals surface area (Å²) >= 11 is 0. The zero-order valence-corrected chi connectivity index (χ0v) is 17.2. The number of primary amides is 1. The van der Waals surface area contributed by atoms with Crippen molar-refractivity contribution in [2.45, 2.75) is 25.8 Å². The molecule has 9 heteroatoms. The Hall–Kier alpha value is -3.07. The van der Waals surface area contributed by atoms with Crippen LogP contribution in [0.15, 0.2) is 30.5 Å². The minimum atomic E-state index is -0.752. The average molecular weight is 415 g/mol. The maximum atomic E-state index is 13.2. The monoisotopic (exact) mass is 415 g/mol. The van der Waals surface area contributed by atoms with E-state index in [9.17, 15) is 14.4 Å². The number of hydrogen-bond acceptors (Lipinski definition) is 5. The average Bonchev–Trinajstić information content (AvgIpc) is 2.97. The number of nitrogens with zero attached hydrogens (tertiary/aromatic N) is 2. The smallest absolute Gasteiger partial charge is 0.320 e. The second-order valence-electron chi connectivity index (χ2n) is 7.38. The molecule has 162 valence electrons. The van der Waals surface area contributed by atoms with Gasteiger partial charge in [-0.1, -0.05) is 18.2 Å². The molecule has 4 N–H and O–H groups in total. The van der Waals surface area contributed by atoms with Gasteiger partial charge in [-0.25, -0.2) is 4.79 Å². The number of rotatable bonds is 7. The Balaban J connectivity index is 1.67. The van der Waals surface area contributed by atoms with E-state index < -0.39 is 12.1 Å². The highest BCUT2D eigenvalue weighted by molar-refractivity contribution is 5.89. The van der Waals surface area contributed by atoms with Gasteiger partial charge in [-0.2, -0.15) is 0 Å². The molecule has 3 rings (SSSR count). The Labute approximate surface area is 175 Å². The summed E-state index contributed by atoms with van der Waals surface area (Å²) in [4.78, 5) is 43.4. The molecular formula is C21H29N5O4. The molecule has 1 aliphatic rings. The molecule has 0 radical (unpaired) electrons. The van der Waals surface area contributed by atoms with E-state index in [0.29, 0.717) is 39.2 Å². The Morgan fingerprint density at radius 2 is 2.00 bits per heavy atom. The molecule has 0 saturated carbocycles. The van der Waals surface area contributed by atoms with Gasteiger partial charge in [-0.15, -0.1) is 0 Å². The molecule has 1 saturated heterocycles. The summed E-state index contributed by atoms with van der Waals surface area (Å²) in [5.74, 6) is -0.429. The van der Waals surface area contributed by atoms with E-state index in [1.807, 2.05) is 35.4 Å². The summed E-state index contributed by atoms with van der Waals surface area (Å²) in [5, 5.41) is 3.62. The van der Waals surface area contributed by atoms with E-state index in [2.05, 4.69) is 10.3 Å². The number of aromatic nitrogens is 1. The van der Waals surface area contributed by atoms with Crippen LogP contribution in [0.2, 0.25) is 0 Å². The molecular weight excluding hydrogens is 386 g/mol. The lowest BCUT2D eigenvalue weighted by Crippen LogP contribution is -2.52. The van der Waals surface area contributed by atoms with Crippen LogP contribution in [0.1, 0.15) is 18.9 Å². The molecule has 2 aromatic rings. The van der Waals surface area contributed by atoms with E-state index in [1.54, 1.807) is 11.8 Å². The van der Waals surface area contributed by atoms with Crippen molar-refractivity contribution in [1.29, 1.82) is 0 Å². The lowest BCUT2D eigenvalue weighted by Gasteiger charge is -2.26. The molecule has 0 aliphatic carbocycles. The van der Waals surface area contributed by atoms with Crippen molar-refractivity contribution in [3.63, 3.8) is 0 Å². The molecule has 1 aliphatic heterocycles.